The highest BCUT2D eigenvalue weighted by Crippen LogP contribution is 2.12. The van der Waals surface area contributed by atoms with Crippen LogP contribution in [-0.4, -0.2) is 20.1 Å². The Morgan fingerprint density at radius 2 is 1.90 bits per heavy atom. The first kappa shape index (κ1) is 15.3. The number of amides is 1. The van der Waals surface area contributed by atoms with Crippen molar-refractivity contribution in [3.05, 3.63) is 54.0 Å². The normalized spacial score (nSPS) is 11.3. The molecule has 2 N–H and O–H groups in total. The molecule has 0 bridgehead atoms. The minimum absolute atomic E-state index is 0.0459. The molecule has 0 saturated carbocycles. The van der Waals surface area contributed by atoms with Crippen molar-refractivity contribution >= 4 is 21.6 Å². The fourth-order valence-corrected chi connectivity index (χ4v) is 2.19. The van der Waals surface area contributed by atoms with E-state index in [1.54, 1.807) is 43.3 Å². The summed E-state index contributed by atoms with van der Waals surface area (Å²) in [7, 11) is -3.21. The SMILES string of the molecule is CCS(=O)(=O)NCc1ccc(NC(=O)c2ccco2)cc1. The van der Waals surface area contributed by atoms with Gasteiger partial charge in [-0.25, -0.2) is 13.1 Å². The van der Waals surface area contributed by atoms with E-state index in [9.17, 15) is 13.2 Å². The molecule has 0 aliphatic heterocycles. The van der Waals surface area contributed by atoms with Gasteiger partial charge in [0.25, 0.3) is 5.91 Å². The summed E-state index contributed by atoms with van der Waals surface area (Å²) in [6.07, 6.45) is 1.43. The molecule has 112 valence electrons. The molecule has 2 aromatic rings. The van der Waals surface area contributed by atoms with Crippen LogP contribution in [0.3, 0.4) is 0 Å². The summed E-state index contributed by atoms with van der Waals surface area (Å²) in [4.78, 5) is 11.8. The number of rotatable bonds is 6. The van der Waals surface area contributed by atoms with Gasteiger partial charge in [-0.3, -0.25) is 4.79 Å². The first-order valence-corrected chi connectivity index (χ1v) is 8.06. The van der Waals surface area contributed by atoms with E-state index in [2.05, 4.69) is 10.0 Å². The number of hydrogen-bond donors (Lipinski definition) is 2. The quantitative estimate of drug-likeness (QED) is 0.854. The highest BCUT2D eigenvalue weighted by Gasteiger charge is 2.09. The molecule has 21 heavy (non-hydrogen) atoms. The molecule has 0 radical (unpaired) electrons. The standard InChI is InChI=1S/C14H16N2O4S/c1-2-21(18,19)15-10-11-5-7-12(8-6-11)16-14(17)13-4-3-9-20-13/h3-9,15H,2,10H2,1H3,(H,16,17). The average molecular weight is 308 g/mol. The average Bonchev–Trinajstić information content (AvgIpc) is 3.01. The van der Waals surface area contributed by atoms with Crippen LogP contribution in [0.1, 0.15) is 23.0 Å². The minimum atomic E-state index is -3.21. The Balaban J connectivity index is 1.95. The first-order chi connectivity index (χ1) is 10.00. The van der Waals surface area contributed by atoms with Gasteiger partial charge in [-0.1, -0.05) is 12.1 Å². The van der Waals surface area contributed by atoms with Crippen LogP contribution in [0.25, 0.3) is 0 Å². The number of sulfonamides is 1. The second-order valence-electron chi connectivity index (χ2n) is 4.35. The first-order valence-electron chi connectivity index (χ1n) is 6.41. The number of anilines is 1. The fraction of sp³-hybridized carbons (Fsp3) is 0.214. The highest BCUT2D eigenvalue weighted by molar-refractivity contribution is 7.89. The van der Waals surface area contributed by atoms with Gasteiger partial charge in [0.2, 0.25) is 10.0 Å². The Hall–Kier alpha value is -2.12. The number of hydrogen-bond acceptors (Lipinski definition) is 4. The Bertz CT molecular complexity index is 691. The monoisotopic (exact) mass is 308 g/mol. The molecular weight excluding hydrogens is 292 g/mol. The molecule has 0 saturated heterocycles. The Morgan fingerprint density at radius 3 is 2.48 bits per heavy atom. The van der Waals surface area contributed by atoms with Crippen molar-refractivity contribution in [2.24, 2.45) is 0 Å². The molecule has 0 spiro atoms. The van der Waals surface area contributed by atoms with E-state index in [4.69, 9.17) is 4.42 Å². The lowest BCUT2D eigenvalue weighted by Gasteiger charge is -2.06. The van der Waals surface area contributed by atoms with Crippen molar-refractivity contribution in [1.29, 1.82) is 0 Å². The second kappa shape index (κ2) is 6.55. The lowest BCUT2D eigenvalue weighted by atomic mass is 10.2. The molecular formula is C14H16N2O4S. The minimum Gasteiger partial charge on any atom is -0.459 e. The fourth-order valence-electron chi connectivity index (χ4n) is 1.60. The van der Waals surface area contributed by atoms with Crippen LogP contribution >= 0.6 is 0 Å². The summed E-state index contributed by atoms with van der Waals surface area (Å²) in [5.74, 6) is -0.0567. The van der Waals surface area contributed by atoms with Gasteiger partial charge in [0.15, 0.2) is 5.76 Å². The molecule has 6 nitrogen and oxygen atoms in total. The summed E-state index contributed by atoms with van der Waals surface area (Å²) in [6.45, 7) is 1.80. The second-order valence-corrected chi connectivity index (χ2v) is 6.45. The number of carbonyl (C=O) groups is 1. The van der Waals surface area contributed by atoms with Crippen molar-refractivity contribution in [2.45, 2.75) is 13.5 Å². The summed E-state index contributed by atoms with van der Waals surface area (Å²) < 4.78 is 30.1. The van der Waals surface area contributed by atoms with Gasteiger partial charge in [0.05, 0.1) is 12.0 Å². The number of benzene rings is 1. The largest absolute Gasteiger partial charge is 0.459 e. The maximum atomic E-state index is 11.8. The summed E-state index contributed by atoms with van der Waals surface area (Å²) in [5, 5.41) is 2.68. The lowest BCUT2D eigenvalue weighted by Crippen LogP contribution is -2.24. The van der Waals surface area contributed by atoms with Crippen molar-refractivity contribution < 1.29 is 17.6 Å². The zero-order valence-electron chi connectivity index (χ0n) is 11.5. The summed E-state index contributed by atoms with van der Waals surface area (Å²) in [6, 6.07) is 10.1. The molecule has 0 unspecified atom stereocenters. The van der Waals surface area contributed by atoms with E-state index in [0.29, 0.717) is 5.69 Å². The summed E-state index contributed by atoms with van der Waals surface area (Å²) >= 11 is 0. The summed E-state index contributed by atoms with van der Waals surface area (Å²) in [5.41, 5.74) is 1.42. The van der Waals surface area contributed by atoms with Crippen LogP contribution < -0.4 is 10.0 Å². The maximum absolute atomic E-state index is 11.8. The Kier molecular flexibility index (Phi) is 4.77. The third kappa shape index (κ3) is 4.44. The van der Waals surface area contributed by atoms with E-state index in [1.165, 1.54) is 6.26 Å². The maximum Gasteiger partial charge on any atom is 0.291 e. The van der Waals surface area contributed by atoms with Crippen LogP contribution in [0.4, 0.5) is 5.69 Å². The Morgan fingerprint density at radius 1 is 1.19 bits per heavy atom. The molecule has 0 fully saturated rings. The Labute approximate surface area is 123 Å². The van der Waals surface area contributed by atoms with Crippen molar-refractivity contribution in [2.75, 3.05) is 11.1 Å². The molecule has 0 atom stereocenters. The molecule has 2 rings (SSSR count). The van der Waals surface area contributed by atoms with E-state index in [-0.39, 0.29) is 24.0 Å². The van der Waals surface area contributed by atoms with Gasteiger partial charge < -0.3 is 9.73 Å². The van der Waals surface area contributed by atoms with Gasteiger partial charge >= 0.3 is 0 Å². The molecule has 0 aliphatic carbocycles. The molecule has 0 aliphatic rings. The molecule has 7 heteroatoms. The third-order valence-corrected chi connectivity index (χ3v) is 4.18. The van der Waals surface area contributed by atoms with Crippen LogP contribution in [0.15, 0.2) is 47.1 Å². The van der Waals surface area contributed by atoms with Gasteiger partial charge in [0, 0.05) is 12.2 Å². The third-order valence-electron chi connectivity index (χ3n) is 2.83. The predicted octanol–water partition coefficient (Wildman–Crippen LogP) is 1.97. The zero-order valence-corrected chi connectivity index (χ0v) is 12.3. The van der Waals surface area contributed by atoms with Crippen molar-refractivity contribution in [3.63, 3.8) is 0 Å². The molecule has 1 amide bonds. The number of carbonyl (C=O) groups excluding carboxylic acids is 1. The van der Waals surface area contributed by atoms with Crippen LogP contribution in [0.5, 0.6) is 0 Å². The van der Waals surface area contributed by atoms with E-state index in [1.807, 2.05) is 0 Å². The lowest BCUT2D eigenvalue weighted by molar-refractivity contribution is 0.0996. The van der Waals surface area contributed by atoms with E-state index in [0.717, 1.165) is 5.56 Å². The topological polar surface area (TPSA) is 88.4 Å². The molecule has 1 aromatic carbocycles. The highest BCUT2D eigenvalue weighted by atomic mass is 32.2. The van der Waals surface area contributed by atoms with Crippen LogP contribution in [-0.2, 0) is 16.6 Å². The number of furan rings is 1. The van der Waals surface area contributed by atoms with Gasteiger partial charge in [-0.05, 0) is 36.8 Å². The smallest absolute Gasteiger partial charge is 0.291 e. The van der Waals surface area contributed by atoms with E-state index >= 15 is 0 Å². The van der Waals surface area contributed by atoms with Gasteiger partial charge in [0.1, 0.15) is 0 Å². The van der Waals surface area contributed by atoms with Crippen LogP contribution in [0.2, 0.25) is 0 Å². The van der Waals surface area contributed by atoms with Crippen molar-refractivity contribution in [1.82, 2.24) is 4.72 Å². The van der Waals surface area contributed by atoms with E-state index < -0.39 is 10.0 Å². The molecule has 1 aromatic heterocycles. The number of nitrogens with one attached hydrogen (secondary N) is 2. The van der Waals surface area contributed by atoms with Crippen LogP contribution in [0, 0.1) is 0 Å². The van der Waals surface area contributed by atoms with Gasteiger partial charge in [-0.2, -0.15) is 0 Å². The zero-order chi connectivity index (χ0) is 15.3. The predicted molar refractivity (Wildman–Crippen MR) is 79.4 cm³/mol. The molecule has 1 heterocycles. The van der Waals surface area contributed by atoms with Crippen molar-refractivity contribution in [3.8, 4) is 0 Å². The van der Waals surface area contributed by atoms with Gasteiger partial charge in [-0.15, -0.1) is 0 Å².